The van der Waals surface area contributed by atoms with Crippen molar-refractivity contribution in [3.8, 4) is 0 Å². The second-order valence-electron chi connectivity index (χ2n) is 4.97. The fourth-order valence-electron chi connectivity index (χ4n) is 2.32. The Balaban J connectivity index is 1.89. The van der Waals surface area contributed by atoms with Crippen LogP contribution >= 0.6 is 23.2 Å². The predicted molar refractivity (Wildman–Crippen MR) is 84.3 cm³/mol. The van der Waals surface area contributed by atoms with E-state index in [0.29, 0.717) is 16.5 Å². The van der Waals surface area contributed by atoms with Gasteiger partial charge in [-0.2, -0.15) is 5.10 Å². The lowest BCUT2D eigenvalue weighted by atomic mass is 10.1. The van der Waals surface area contributed by atoms with Gasteiger partial charge in [-0.1, -0.05) is 29.3 Å². The highest BCUT2D eigenvalue weighted by Crippen LogP contribution is 2.31. The van der Waals surface area contributed by atoms with Crippen molar-refractivity contribution >= 4 is 46.5 Å². The number of benzene rings is 1. The van der Waals surface area contributed by atoms with E-state index in [1.165, 1.54) is 4.68 Å². The van der Waals surface area contributed by atoms with Gasteiger partial charge in [-0.25, -0.2) is 4.68 Å². The van der Waals surface area contributed by atoms with Gasteiger partial charge in [0.2, 0.25) is 11.8 Å². The molecule has 114 valence electrons. The van der Waals surface area contributed by atoms with Crippen molar-refractivity contribution in [2.75, 3.05) is 10.6 Å². The lowest BCUT2D eigenvalue weighted by Gasteiger charge is -2.24. The minimum atomic E-state index is -0.729. The molecule has 3 rings (SSSR count). The summed E-state index contributed by atoms with van der Waals surface area (Å²) in [4.78, 5) is 24.2. The number of fused-ring (bicyclic) bond motifs is 1. The van der Waals surface area contributed by atoms with Crippen LogP contribution in [0.5, 0.6) is 0 Å². The number of nitrogens with zero attached hydrogens (tertiary/aromatic N) is 2. The van der Waals surface area contributed by atoms with Gasteiger partial charge in [0, 0.05) is 6.07 Å². The summed E-state index contributed by atoms with van der Waals surface area (Å²) in [5, 5.41) is 10.2. The first-order valence-electron chi connectivity index (χ1n) is 6.56. The molecule has 0 spiro atoms. The van der Waals surface area contributed by atoms with Crippen LogP contribution in [0.3, 0.4) is 0 Å². The summed E-state index contributed by atoms with van der Waals surface area (Å²) in [6, 6.07) is 5.93. The van der Waals surface area contributed by atoms with Crippen molar-refractivity contribution < 1.29 is 9.59 Å². The summed E-state index contributed by atoms with van der Waals surface area (Å²) in [5.41, 5.74) is 1.12. The summed E-state index contributed by atoms with van der Waals surface area (Å²) in [6.45, 7) is 1.79. The van der Waals surface area contributed by atoms with Gasteiger partial charge in [0.15, 0.2) is 0 Å². The molecule has 1 atom stereocenters. The van der Waals surface area contributed by atoms with E-state index in [1.807, 2.05) is 0 Å². The van der Waals surface area contributed by atoms with Crippen molar-refractivity contribution in [2.45, 2.75) is 19.4 Å². The second-order valence-corrected chi connectivity index (χ2v) is 5.76. The number of hydrogen-bond donors (Lipinski definition) is 2. The number of anilines is 2. The van der Waals surface area contributed by atoms with Crippen LogP contribution in [0.1, 0.15) is 18.2 Å². The molecule has 1 aliphatic rings. The SMILES string of the molecule is Cc1cc2n(n1)C(C(=O)Nc1cccc(Cl)c1Cl)CC(=O)N2. The molecule has 0 bridgehead atoms. The summed E-state index contributed by atoms with van der Waals surface area (Å²) in [6.07, 6.45) is 0.0120. The molecular formula is C14H12Cl2N4O2. The van der Waals surface area contributed by atoms with Gasteiger partial charge < -0.3 is 10.6 Å². The average molecular weight is 339 g/mol. The van der Waals surface area contributed by atoms with Crippen LogP contribution in [0.15, 0.2) is 24.3 Å². The summed E-state index contributed by atoms with van der Waals surface area (Å²) in [7, 11) is 0. The highest BCUT2D eigenvalue weighted by molar-refractivity contribution is 6.44. The maximum Gasteiger partial charge on any atom is 0.249 e. The van der Waals surface area contributed by atoms with Crippen LogP contribution < -0.4 is 10.6 Å². The minimum absolute atomic E-state index is 0.0120. The van der Waals surface area contributed by atoms with Crippen LogP contribution in [0.25, 0.3) is 0 Å². The largest absolute Gasteiger partial charge is 0.323 e. The van der Waals surface area contributed by atoms with Gasteiger partial charge in [0.05, 0.1) is 27.8 Å². The topological polar surface area (TPSA) is 76.0 Å². The Bertz CT molecular complexity index is 772. The number of amides is 2. The van der Waals surface area contributed by atoms with E-state index in [4.69, 9.17) is 23.2 Å². The second kappa shape index (κ2) is 5.62. The highest BCUT2D eigenvalue weighted by atomic mass is 35.5. The fourth-order valence-corrected chi connectivity index (χ4v) is 2.67. The van der Waals surface area contributed by atoms with E-state index in [0.717, 1.165) is 5.69 Å². The predicted octanol–water partition coefficient (Wildman–Crippen LogP) is 3.02. The number of halogens is 2. The monoisotopic (exact) mass is 338 g/mol. The van der Waals surface area contributed by atoms with Gasteiger partial charge in [0.1, 0.15) is 11.9 Å². The lowest BCUT2D eigenvalue weighted by Crippen LogP contribution is -2.35. The van der Waals surface area contributed by atoms with E-state index in [2.05, 4.69) is 15.7 Å². The number of rotatable bonds is 2. The third-order valence-electron chi connectivity index (χ3n) is 3.31. The van der Waals surface area contributed by atoms with Crippen LogP contribution in [0.2, 0.25) is 10.0 Å². The highest BCUT2D eigenvalue weighted by Gasteiger charge is 2.31. The number of aryl methyl sites for hydroxylation is 1. The van der Waals surface area contributed by atoms with Crippen LogP contribution in [-0.2, 0) is 9.59 Å². The summed E-state index contributed by atoms with van der Waals surface area (Å²) in [5.74, 6) is -0.0980. The van der Waals surface area contributed by atoms with Gasteiger partial charge in [-0.15, -0.1) is 0 Å². The first-order valence-corrected chi connectivity index (χ1v) is 7.32. The zero-order valence-corrected chi connectivity index (χ0v) is 13.1. The van der Waals surface area contributed by atoms with Crippen molar-refractivity contribution in [3.05, 3.63) is 40.0 Å². The van der Waals surface area contributed by atoms with E-state index in [1.54, 1.807) is 31.2 Å². The van der Waals surface area contributed by atoms with E-state index in [-0.39, 0.29) is 23.3 Å². The Morgan fingerprint density at radius 2 is 2.23 bits per heavy atom. The molecule has 22 heavy (non-hydrogen) atoms. The van der Waals surface area contributed by atoms with Crippen molar-refractivity contribution in [2.24, 2.45) is 0 Å². The Morgan fingerprint density at radius 1 is 1.45 bits per heavy atom. The van der Waals surface area contributed by atoms with Gasteiger partial charge in [-0.3, -0.25) is 9.59 Å². The van der Waals surface area contributed by atoms with Crippen molar-refractivity contribution in [3.63, 3.8) is 0 Å². The number of hydrogen-bond acceptors (Lipinski definition) is 3. The molecule has 1 unspecified atom stereocenters. The molecule has 1 aromatic carbocycles. The van der Waals surface area contributed by atoms with Gasteiger partial charge in [-0.05, 0) is 19.1 Å². The van der Waals surface area contributed by atoms with Gasteiger partial charge in [0.25, 0.3) is 0 Å². The molecule has 8 heteroatoms. The normalized spacial score (nSPS) is 16.9. The van der Waals surface area contributed by atoms with E-state index in [9.17, 15) is 9.59 Å². The Morgan fingerprint density at radius 3 is 3.00 bits per heavy atom. The van der Waals surface area contributed by atoms with Crippen molar-refractivity contribution in [1.29, 1.82) is 0 Å². The number of nitrogens with one attached hydrogen (secondary N) is 2. The van der Waals surface area contributed by atoms with E-state index >= 15 is 0 Å². The molecule has 2 heterocycles. The maximum absolute atomic E-state index is 12.5. The quantitative estimate of drug-likeness (QED) is 0.883. The molecule has 2 amide bonds. The number of carbonyl (C=O) groups is 2. The van der Waals surface area contributed by atoms with Crippen LogP contribution in [-0.4, -0.2) is 21.6 Å². The Labute approximate surface area is 136 Å². The minimum Gasteiger partial charge on any atom is -0.323 e. The van der Waals surface area contributed by atoms with Gasteiger partial charge >= 0.3 is 0 Å². The van der Waals surface area contributed by atoms with Crippen molar-refractivity contribution in [1.82, 2.24) is 9.78 Å². The molecule has 1 aliphatic heterocycles. The molecule has 2 N–H and O–H groups in total. The molecule has 1 aromatic heterocycles. The van der Waals surface area contributed by atoms with Crippen LogP contribution in [0, 0.1) is 6.92 Å². The molecule has 2 aromatic rings. The molecule has 0 aliphatic carbocycles. The molecule has 0 saturated carbocycles. The maximum atomic E-state index is 12.5. The number of carbonyl (C=O) groups excluding carboxylic acids is 2. The van der Waals surface area contributed by atoms with E-state index < -0.39 is 6.04 Å². The Kier molecular flexibility index (Phi) is 3.80. The zero-order valence-electron chi connectivity index (χ0n) is 11.6. The average Bonchev–Trinajstić information content (AvgIpc) is 2.82. The third-order valence-corrected chi connectivity index (χ3v) is 4.13. The molecule has 6 nitrogen and oxygen atoms in total. The zero-order chi connectivity index (χ0) is 15.9. The fraction of sp³-hybridized carbons (Fsp3) is 0.214. The third kappa shape index (κ3) is 2.67. The van der Waals surface area contributed by atoms with Crippen LogP contribution in [0.4, 0.5) is 11.5 Å². The summed E-state index contributed by atoms with van der Waals surface area (Å²) >= 11 is 12.0. The first kappa shape index (κ1) is 14.9. The lowest BCUT2D eigenvalue weighted by molar-refractivity contribution is -0.125. The standard InChI is InChI=1S/C14H12Cl2N4O2/c1-7-5-11-18-12(21)6-10(20(11)19-7)14(22)17-9-4-2-3-8(15)13(9)16/h2-5,10H,6H2,1H3,(H,17,22)(H,18,21). The molecule has 0 radical (unpaired) electrons. The molecule has 0 fully saturated rings. The molecular weight excluding hydrogens is 327 g/mol. The first-order chi connectivity index (χ1) is 10.5. The number of aromatic nitrogens is 2. The smallest absolute Gasteiger partial charge is 0.249 e. The molecule has 0 saturated heterocycles. The Hall–Kier alpha value is -2.05. The summed E-state index contributed by atoms with van der Waals surface area (Å²) < 4.78 is 1.50.